The Labute approximate surface area is 330 Å². The third-order valence-corrected chi connectivity index (χ3v) is 12.5. The van der Waals surface area contributed by atoms with Gasteiger partial charge in [0, 0.05) is 26.5 Å². The molecule has 0 N–H and O–H groups in total. The van der Waals surface area contributed by atoms with E-state index in [9.17, 15) is 0 Å². The lowest BCUT2D eigenvalue weighted by Crippen LogP contribution is -2.32. The van der Waals surface area contributed by atoms with Gasteiger partial charge in [0.1, 0.15) is 0 Å². The van der Waals surface area contributed by atoms with E-state index in [-0.39, 0.29) is 5.41 Å². The maximum absolute atomic E-state index is 4.92. The zero-order valence-electron chi connectivity index (χ0n) is 30.3. The SMILES string of the molecule is c1ccc(-c2nc(-c3ccccc3)nc(-c3ccc(-c4ccc(-c5cccc6c5Sc5ccccc5C65c6ccccc6-c6ccccc65)cc4)cc3)n2)cc1. The summed E-state index contributed by atoms with van der Waals surface area (Å²) in [5.74, 6) is 1.97. The molecule has 4 heteroatoms. The Hall–Kier alpha value is -6.88. The molecule has 0 unspecified atom stereocenters. The molecule has 0 bridgehead atoms. The summed E-state index contributed by atoms with van der Waals surface area (Å²) in [6.07, 6.45) is 0. The van der Waals surface area contributed by atoms with E-state index in [0.29, 0.717) is 17.5 Å². The van der Waals surface area contributed by atoms with Crippen molar-refractivity contribution in [2.24, 2.45) is 0 Å². The van der Waals surface area contributed by atoms with Gasteiger partial charge in [-0.2, -0.15) is 0 Å². The maximum atomic E-state index is 4.92. The van der Waals surface area contributed by atoms with Crippen LogP contribution in [0.4, 0.5) is 0 Å². The Balaban J connectivity index is 0.965. The molecule has 2 aliphatic rings. The lowest BCUT2D eigenvalue weighted by molar-refractivity contribution is 0.723. The summed E-state index contributed by atoms with van der Waals surface area (Å²) in [6, 6.07) is 71.6. The van der Waals surface area contributed by atoms with Gasteiger partial charge in [-0.1, -0.05) is 206 Å². The van der Waals surface area contributed by atoms with Crippen molar-refractivity contribution < 1.29 is 0 Å². The average Bonchev–Trinajstić information content (AvgIpc) is 3.57. The molecule has 1 aliphatic heterocycles. The first-order chi connectivity index (χ1) is 27.8. The Bertz CT molecular complexity index is 2820. The minimum Gasteiger partial charge on any atom is -0.208 e. The van der Waals surface area contributed by atoms with Gasteiger partial charge in [-0.25, -0.2) is 15.0 Å². The third kappa shape index (κ3) is 5.10. The number of aromatic nitrogens is 3. The van der Waals surface area contributed by atoms with E-state index in [2.05, 4.69) is 140 Å². The molecule has 1 aliphatic carbocycles. The molecule has 0 saturated heterocycles. The fourth-order valence-electron chi connectivity index (χ4n) is 8.70. The number of hydrogen-bond acceptors (Lipinski definition) is 4. The highest BCUT2D eigenvalue weighted by Crippen LogP contribution is 2.63. The van der Waals surface area contributed by atoms with Crippen LogP contribution in [0.1, 0.15) is 22.3 Å². The van der Waals surface area contributed by atoms with Gasteiger partial charge < -0.3 is 0 Å². The molecular formula is C52H33N3S. The Morgan fingerprint density at radius 2 is 0.679 bits per heavy atom. The molecule has 11 rings (SSSR count). The van der Waals surface area contributed by atoms with Crippen LogP contribution in [0.2, 0.25) is 0 Å². The highest BCUT2D eigenvalue weighted by atomic mass is 32.2. The first-order valence-electron chi connectivity index (χ1n) is 18.9. The Kier molecular flexibility index (Phi) is 7.64. The zero-order chi connectivity index (χ0) is 37.1. The molecule has 56 heavy (non-hydrogen) atoms. The molecule has 0 atom stereocenters. The Morgan fingerprint density at radius 1 is 0.286 bits per heavy atom. The number of rotatable bonds is 5. The lowest BCUT2D eigenvalue weighted by Gasteiger charge is -2.40. The standard InChI is InChI=1S/C52H33N3S/c1-3-14-37(15-4-1)49-53-50(38-16-5-2-6-17-38)55-51(54-49)39-32-28-35(29-33-39)34-26-30-36(31-27-34)40-20-13-24-46-48(40)56-47-25-12-11-23-45(47)52(46)43-21-9-7-18-41(43)42-19-8-10-22-44(42)52/h1-33H. The lowest BCUT2D eigenvalue weighted by atomic mass is 9.67. The Morgan fingerprint density at radius 3 is 1.23 bits per heavy atom. The van der Waals surface area contributed by atoms with Gasteiger partial charge in [-0.15, -0.1) is 0 Å². The predicted octanol–water partition coefficient (Wildman–Crippen LogP) is 13.0. The van der Waals surface area contributed by atoms with Crippen LogP contribution in [0.25, 0.3) is 67.5 Å². The van der Waals surface area contributed by atoms with E-state index in [1.54, 1.807) is 0 Å². The van der Waals surface area contributed by atoms with Crippen molar-refractivity contribution in [3.05, 3.63) is 222 Å². The maximum Gasteiger partial charge on any atom is 0.164 e. The summed E-state index contributed by atoms with van der Waals surface area (Å²) >= 11 is 1.90. The third-order valence-electron chi connectivity index (χ3n) is 11.2. The second-order valence-corrected chi connectivity index (χ2v) is 15.4. The van der Waals surface area contributed by atoms with Crippen LogP contribution in [-0.2, 0) is 5.41 Å². The summed E-state index contributed by atoms with van der Waals surface area (Å²) in [7, 11) is 0. The minimum atomic E-state index is -0.385. The van der Waals surface area contributed by atoms with Gasteiger partial charge in [-0.05, 0) is 61.7 Å². The summed E-state index contributed by atoms with van der Waals surface area (Å²) in [6.45, 7) is 0. The monoisotopic (exact) mass is 731 g/mol. The summed E-state index contributed by atoms with van der Waals surface area (Å²) in [5, 5.41) is 0. The van der Waals surface area contributed by atoms with Crippen molar-refractivity contribution in [2.45, 2.75) is 15.2 Å². The van der Waals surface area contributed by atoms with E-state index >= 15 is 0 Å². The molecule has 0 saturated carbocycles. The number of nitrogens with zero attached hydrogens (tertiary/aromatic N) is 3. The molecule has 1 spiro atoms. The number of hydrogen-bond donors (Lipinski definition) is 0. The second-order valence-electron chi connectivity index (χ2n) is 14.3. The summed E-state index contributed by atoms with van der Waals surface area (Å²) in [4.78, 5) is 17.3. The highest BCUT2D eigenvalue weighted by Gasteiger charge is 2.50. The highest BCUT2D eigenvalue weighted by molar-refractivity contribution is 7.99. The quantitative estimate of drug-likeness (QED) is 0.177. The summed E-state index contributed by atoms with van der Waals surface area (Å²) in [5.41, 5.74) is 15.3. The van der Waals surface area contributed by atoms with Crippen LogP contribution in [0.5, 0.6) is 0 Å². The summed E-state index contributed by atoms with van der Waals surface area (Å²) < 4.78 is 0. The molecule has 0 amide bonds. The smallest absolute Gasteiger partial charge is 0.164 e. The van der Waals surface area contributed by atoms with Crippen LogP contribution in [-0.4, -0.2) is 15.0 Å². The largest absolute Gasteiger partial charge is 0.208 e. The number of benzene rings is 8. The van der Waals surface area contributed by atoms with E-state index in [1.165, 1.54) is 54.3 Å². The molecule has 9 aromatic rings. The molecule has 262 valence electrons. The minimum absolute atomic E-state index is 0.385. The van der Waals surface area contributed by atoms with E-state index in [0.717, 1.165) is 27.8 Å². The molecule has 1 aromatic heterocycles. The molecule has 0 radical (unpaired) electrons. The predicted molar refractivity (Wildman–Crippen MR) is 228 cm³/mol. The second kappa shape index (κ2) is 13.2. The average molecular weight is 732 g/mol. The van der Waals surface area contributed by atoms with Crippen molar-refractivity contribution >= 4 is 11.8 Å². The van der Waals surface area contributed by atoms with E-state index in [4.69, 9.17) is 15.0 Å². The first kappa shape index (κ1) is 32.5. The van der Waals surface area contributed by atoms with Crippen LogP contribution < -0.4 is 0 Å². The first-order valence-corrected chi connectivity index (χ1v) is 19.8. The van der Waals surface area contributed by atoms with Crippen molar-refractivity contribution in [1.29, 1.82) is 0 Å². The topological polar surface area (TPSA) is 38.7 Å². The molecule has 8 aromatic carbocycles. The van der Waals surface area contributed by atoms with Crippen molar-refractivity contribution in [2.75, 3.05) is 0 Å². The van der Waals surface area contributed by atoms with Crippen LogP contribution >= 0.6 is 11.8 Å². The number of fused-ring (bicyclic) bond motifs is 9. The fourth-order valence-corrected chi connectivity index (χ4v) is 10.0. The van der Waals surface area contributed by atoms with Crippen molar-refractivity contribution in [1.82, 2.24) is 15.0 Å². The normalized spacial score (nSPS) is 13.1. The van der Waals surface area contributed by atoms with Gasteiger partial charge in [-0.3, -0.25) is 0 Å². The van der Waals surface area contributed by atoms with Gasteiger partial charge in [0.2, 0.25) is 0 Å². The van der Waals surface area contributed by atoms with Crippen molar-refractivity contribution in [3.63, 3.8) is 0 Å². The fraction of sp³-hybridized carbons (Fsp3) is 0.0192. The van der Waals surface area contributed by atoms with Crippen molar-refractivity contribution in [3.8, 4) is 67.5 Å². The zero-order valence-corrected chi connectivity index (χ0v) is 31.1. The van der Waals surface area contributed by atoms with Crippen LogP contribution in [0, 0.1) is 0 Å². The van der Waals surface area contributed by atoms with Gasteiger partial charge >= 0.3 is 0 Å². The van der Waals surface area contributed by atoms with Gasteiger partial charge in [0.05, 0.1) is 5.41 Å². The van der Waals surface area contributed by atoms with Crippen LogP contribution in [0.15, 0.2) is 210 Å². The van der Waals surface area contributed by atoms with Gasteiger partial charge in [0.15, 0.2) is 17.5 Å². The van der Waals surface area contributed by atoms with Crippen LogP contribution in [0.3, 0.4) is 0 Å². The van der Waals surface area contributed by atoms with E-state index in [1.807, 2.05) is 72.4 Å². The molecule has 3 nitrogen and oxygen atoms in total. The molecule has 0 fully saturated rings. The van der Waals surface area contributed by atoms with E-state index < -0.39 is 0 Å². The van der Waals surface area contributed by atoms with Gasteiger partial charge in [0.25, 0.3) is 0 Å². The molecule has 2 heterocycles. The molecular weight excluding hydrogens is 699 g/mol.